The largest absolute Gasteiger partial charge is 0.339 e. The molecule has 0 aliphatic carbocycles. The van der Waals surface area contributed by atoms with Crippen molar-refractivity contribution in [1.82, 2.24) is 4.90 Å². The second kappa shape index (κ2) is 10.8. The minimum absolute atomic E-state index is 0.00410. The zero-order valence-corrected chi connectivity index (χ0v) is 19.1. The number of nitrogens with zero attached hydrogens (tertiary/aromatic N) is 2. The fourth-order valence-corrected chi connectivity index (χ4v) is 4.19. The fourth-order valence-electron chi connectivity index (χ4n) is 4.19. The van der Waals surface area contributed by atoms with Crippen LogP contribution in [0.2, 0.25) is 0 Å². The molecule has 0 aromatic heterocycles. The van der Waals surface area contributed by atoms with Gasteiger partial charge in [-0.1, -0.05) is 78.4 Å². The van der Waals surface area contributed by atoms with Crippen molar-refractivity contribution in [3.05, 3.63) is 108 Å². The molecule has 0 spiro atoms. The van der Waals surface area contributed by atoms with E-state index in [-0.39, 0.29) is 17.7 Å². The molecule has 1 heterocycles. The van der Waals surface area contributed by atoms with Crippen molar-refractivity contribution in [1.29, 1.82) is 0 Å². The van der Waals surface area contributed by atoms with Gasteiger partial charge in [0.2, 0.25) is 11.8 Å². The predicted octanol–water partition coefficient (Wildman–Crippen LogP) is 5.48. The molecular weight excluding hydrogens is 408 g/mol. The second-order valence-electron chi connectivity index (χ2n) is 8.59. The average Bonchev–Trinajstić information content (AvgIpc) is 2.87. The molecule has 168 valence electrons. The molecule has 3 aromatic rings. The van der Waals surface area contributed by atoms with Crippen LogP contribution in [0.5, 0.6) is 0 Å². The Balaban J connectivity index is 1.41. The topological polar surface area (TPSA) is 40.6 Å². The Labute approximate surface area is 196 Å². The summed E-state index contributed by atoms with van der Waals surface area (Å²) in [6.45, 7) is 3.79. The monoisotopic (exact) mass is 438 g/mol. The van der Waals surface area contributed by atoms with E-state index < -0.39 is 0 Å². The number of carbonyl (C=O) groups is 2. The lowest BCUT2D eigenvalue weighted by atomic mass is 9.94. The molecule has 4 heteroatoms. The number of likely N-dealkylation sites (tertiary alicyclic amines) is 1. The van der Waals surface area contributed by atoms with Gasteiger partial charge in [0.15, 0.2) is 0 Å². The molecule has 0 atom stereocenters. The first kappa shape index (κ1) is 22.5. The minimum Gasteiger partial charge on any atom is -0.339 e. The smallest absolute Gasteiger partial charge is 0.246 e. The summed E-state index contributed by atoms with van der Waals surface area (Å²) in [4.78, 5) is 29.9. The molecule has 0 bridgehead atoms. The molecule has 0 unspecified atom stereocenters. The van der Waals surface area contributed by atoms with Crippen molar-refractivity contribution in [2.75, 3.05) is 18.0 Å². The van der Waals surface area contributed by atoms with Gasteiger partial charge >= 0.3 is 0 Å². The molecule has 0 radical (unpaired) electrons. The number of benzene rings is 3. The van der Waals surface area contributed by atoms with Crippen LogP contribution in [0.1, 0.15) is 29.5 Å². The van der Waals surface area contributed by atoms with Gasteiger partial charge in [0.25, 0.3) is 0 Å². The Morgan fingerprint density at radius 3 is 2.12 bits per heavy atom. The van der Waals surface area contributed by atoms with Gasteiger partial charge in [0.05, 0.1) is 6.54 Å². The van der Waals surface area contributed by atoms with Crippen molar-refractivity contribution in [3.63, 3.8) is 0 Å². The van der Waals surface area contributed by atoms with Crippen LogP contribution in [0, 0.1) is 12.8 Å². The molecule has 1 fully saturated rings. The molecule has 0 saturated carbocycles. The Bertz CT molecular complexity index is 1080. The minimum atomic E-state index is -0.0860. The molecule has 1 aliphatic heterocycles. The molecule has 2 amide bonds. The Hall–Kier alpha value is -3.66. The van der Waals surface area contributed by atoms with E-state index in [9.17, 15) is 9.59 Å². The first-order chi connectivity index (χ1) is 16.1. The van der Waals surface area contributed by atoms with Crippen molar-refractivity contribution < 1.29 is 9.59 Å². The molecule has 4 nitrogen and oxygen atoms in total. The lowest BCUT2D eigenvalue weighted by Crippen LogP contribution is -2.44. The third kappa shape index (κ3) is 5.98. The Morgan fingerprint density at radius 1 is 0.879 bits per heavy atom. The van der Waals surface area contributed by atoms with Gasteiger partial charge in [-0.3, -0.25) is 9.59 Å². The number of rotatable bonds is 6. The van der Waals surface area contributed by atoms with Crippen molar-refractivity contribution in [2.45, 2.75) is 26.3 Å². The van der Waals surface area contributed by atoms with Crippen molar-refractivity contribution in [3.8, 4) is 0 Å². The highest BCUT2D eigenvalue weighted by molar-refractivity contribution is 5.95. The first-order valence-corrected chi connectivity index (χ1v) is 11.5. The zero-order valence-electron chi connectivity index (χ0n) is 19.1. The number of piperidine rings is 1. The summed E-state index contributed by atoms with van der Waals surface area (Å²) >= 11 is 0. The molecule has 4 rings (SSSR count). The van der Waals surface area contributed by atoms with Gasteiger partial charge < -0.3 is 9.80 Å². The maximum atomic E-state index is 13.6. The van der Waals surface area contributed by atoms with E-state index >= 15 is 0 Å². The van der Waals surface area contributed by atoms with E-state index in [0.29, 0.717) is 32.5 Å². The van der Waals surface area contributed by atoms with Crippen LogP contribution < -0.4 is 4.90 Å². The third-order valence-electron chi connectivity index (χ3n) is 6.17. The number of hydrogen-bond acceptors (Lipinski definition) is 2. The van der Waals surface area contributed by atoms with Crippen molar-refractivity contribution >= 4 is 23.6 Å². The van der Waals surface area contributed by atoms with Gasteiger partial charge in [-0.15, -0.1) is 0 Å². The highest BCUT2D eigenvalue weighted by Crippen LogP contribution is 2.26. The van der Waals surface area contributed by atoms with Crippen LogP contribution in [-0.2, 0) is 16.1 Å². The quantitative estimate of drug-likeness (QED) is 0.478. The van der Waals surface area contributed by atoms with E-state index in [4.69, 9.17) is 0 Å². The molecule has 1 saturated heterocycles. The number of anilines is 1. The maximum Gasteiger partial charge on any atom is 0.246 e. The van der Waals surface area contributed by atoms with Gasteiger partial charge in [-0.2, -0.15) is 0 Å². The van der Waals surface area contributed by atoms with E-state index in [2.05, 4.69) is 12.1 Å². The molecule has 3 aromatic carbocycles. The highest BCUT2D eigenvalue weighted by Gasteiger charge is 2.30. The van der Waals surface area contributed by atoms with Crippen molar-refractivity contribution in [2.24, 2.45) is 5.92 Å². The van der Waals surface area contributed by atoms with Gasteiger partial charge in [0.1, 0.15) is 0 Å². The van der Waals surface area contributed by atoms with Crippen LogP contribution in [0.3, 0.4) is 0 Å². The number of hydrogen-bond donors (Lipinski definition) is 0. The summed E-state index contributed by atoms with van der Waals surface area (Å²) in [5.41, 5.74) is 4.19. The van der Waals surface area contributed by atoms with E-state index in [1.165, 1.54) is 5.56 Å². The van der Waals surface area contributed by atoms with Crippen LogP contribution in [0.25, 0.3) is 6.08 Å². The Kier molecular flexibility index (Phi) is 7.36. The normalized spacial score (nSPS) is 14.4. The summed E-state index contributed by atoms with van der Waals surface area (Å²) in [5, 5.41) is 0. The zero-order chi connectivity index (χ0) is 23.0. The lowest BCUT2D eigenvalue weighted by molar-refractivity contribution is -0.131. The number of carbonyl (C=O) groups excluding carboxylic acids is 2. The summed E-state index contributed by atoms with van der Waals surface area (Å²) in [5.74, 6) is 0.0521. The van der Waals surface area contributed by atoms with Gasteiger partial charge in [-0.05, 0) is 49.1 Å². The standard InChI is InChI=1S/C29H30N2O2/c1-23-12-15-27(16-13-23)31(22-25-10-6-3-7-11-25)29(33)26-18-20-30(21-19-26)28(32)17-14-24-8-4-2-5-9-24/h2-17,26H,18-22H2,1H3/b17-14+. The Morgan fingerprint density at radius 2 is 1.48 bits per heavy atom. The fraction of sp³-hybridized carbons (Fsp3) is 0.241. The molecule has 0 N–H and O–H groups in total. The van der Waals surface area contributed by atoms with Gasteiger partial charge in [0, 0.05) is 30.8 Å². The number of amides is 2. The molecule has 33 heavy (non-hydrogen) atoms. The van der Waals surface area contributed by atoms with E-state index in [1.807, 2.05) is 95.6 Å². The molecular formula is C29H30N2O2. The summed E-state index contributed by atoms with van der Waals surface area (Å²) < 4.78 is 0. The van der Waals surface area contributed by atoms with Crippen LogP contribution >= 0.6 is 0 Å². The highest BCUT2D eigenvalue weighted by atomic mass is 16.2. The van der Waals surface area contributed by atoms with E-state index in [1.54, 1.807) is 6.08 Å². The SMILES string of the molecule is Cc1ccc(N(Cc2ccccc2)C(=O)C2CCN(C(=O)/C=C/c3ccccc3)CC2)cc1. The second-order valence-corrected chi connectivity index (χ2v) is 8.59. The average molecular weight is 439 g/mol. The predicted molar refractivity (Wildman–Crippen MR) is 134 cm³/mol. The van der Waals surface area contributed by atoms with Crippen LogP contribution in [0.15, 0.2) is 91.0 Å². The first-order valence-electron chi connectivity index (χ1n) is 11.5. The summed E-state index contributed by atoms with van der Waals surface area (Å²) in [7, 11) is 0. The van der Waals surface area contributed by atoms with E-state index in [0.717, 1.165) is 16.8 Å². The lowest BCUT2D eigenvalue weighted by Gasteiger charge is -2.34. The summed E-state index contributed by atoms with van der Waals surface area (Å²) in [6.07, 6.45) is 4.84. The van der Waals surface area contributed by atoms with Crippen LogP contribution in [0.4, 0.5) is 5.69 Å². The van der Waals surface area contributed by atoms with Gasteiger partial charge in [-0.25, -0.2) is 0 Å². The van der Waals surface area contributed by atoms with Crippen LogP contribution in [-0.4, -0.2) is 29.8 Å². The summed E-state index contributed by atoms with van der Waals surface area (Å²) in [6, 6.07) is 28.0. The maximum absolute atomic E-state index is 13.6. The third-order valence-corrected chi connectivity index (χ3v) is 6.17. The number of aryl methyl sites for hydroxylation is 1. The molecule has 1 aliphatic rings.